The minimum absolute atomic E-state index is 0.111. The number of hydrogen-bond donors (Lipinski definition) is 3. The monoisotopic (exact) mass is 339 g/mol. The van der Waals surface area contributed by atoms with Crippen molar-refractivity contribution in [3.05, 3.63) is 70.8 Å². The van der Waals surface area contributed by atoms with E-state index >= 15 is 0 Å². The molecule has 0 aliphatic rings. The van der Waals surface area contributed by atoms with Crippen molar-refractivity contribution in [2.24, 2.45) is 5.73 Å². The van der Waals surface area contributed by atoms with Gasteiger partial charge >= 0.3 is 6.03 Å². The SMILES string of the molecule is Cc1ccccc1C(C)NC(=O)CC(NC(N)=O)c1ccccc1C. The van der Waals surface area contributed by atoms with Gasteiger partial charge in [0, 0.05) is 0 Å². The first kappa shape index (κ1) is 18.5. The molecule has 0 aliphatic heterocycles. The summed E-state index contributed by atoms with van der Waals surface area (Å²) in [4.78, 5) is 23.9. The van der Waals surface area contributed by atoms with Crippen LogP contribution in [0, 0.1) is 13.8 Å². The third-order valence-electron chi connectivity index (χ3n) is 4.30. The highest BCUT2D eigenvalue weighted by Crippen LogP contribution is 2.22. The van der Waals surface area contributed by atoms with Crippen molar-refractivity contribution in [1.82, 2.24) is 10.6 Å². The quantitative estimate of drug-likeness (QED) is 0.754. The van der Waals surface area contributed by atoms with Crippen LogP contribution in [-0.2, 0) is 4.79 Å². The molecule has 0 saturated heterocycles. The molecule has 0 bridgehead atoms. The standard InChI is InChI=1S/C20H25N3O2/c1-13-8-4-6-10-16(13)15(3)22-19(24)12-18(23-20(21)25)17-11-7-5-9-14(17)2/h4-11,15,18H,12H2,1-3H3,(H,22,24)(H3,21,23,25). The summed E-state index contributed by atoms with van der Waals surface area (Å²) in [6, 6.07) is 14.4. The topological polar surface area (TPSA) is 84.2 Å². The molecule has 0 aliphatic carbocycles. The zero-order chi connectivity index (χ0) is 18.4. The Labute approximate surface area is 148 Å². The first-order chi connectivity index (χ1) is 11.9. The molecule has 0 heterocycles. The second-order valence-electron chi connectivity index (χ2n) is 6.27. The Balaban J connectivity index is 2.11. The van der Waals surface area contributed by atoms with Gasteiger partial charge in [-0.2, -0.15) is 0 Å². The molecule has 25 heavy (non-hydrogen) atoms. The molecule has 5 heteroatoms. The van der Waals surface area contributed by atoms with E-state index in [4.69, 9.17) is 5.73 Å². The molecule has 4 N–H and O–H groups in total. The minimum atomic E-state index is -0.645. The Kier molecular flexibility index (Phi) is 6.17. The molecule has 0 radical (unpaired) electrons. The Bertz CT molecular complexity index is 758. The molecule has 132 valence electrons. The van der Waals surface area contributed by atoms with Crippen LogP contribution in [0.25, 0.3) is 0 Å². The van der Waals surface area contributed by atoms with E-state index in [1.807, 2.05) is 69.3 Å². The van der Waals surface area contributed by atoms with Crippen molar-refractivity contribution < 1.29 is 9.59 Å². The summed E-state index contributed by atoms with van der Waals surface area (Å²) in [6.45, 7) is 5.91. The Morgan fingerprint density at radius 2 is 1.44 bits per heavy atom. The highest BCUT2D eigenvalue weighted by molar-refractivity contribution is 5.79. The molecule has 3 amide bonds. The van der Waals surface area contributed by atoms with Gasteiger partial charge in [0.15, 0.2) is 0 Å². The lowest BCUT2D eigenvalue weighted by Gasteiger charge is -2.22. The molecule has 5 nitrogen and oxygen atoms in total. The first-order valence-corrected chi connectivity index (χ1v) is 8.35. The highest BCUT2D eigenvalue weighted by atomic mass is 16.2. The summed E-state index contributed by atoms with van der Waals surface area (Å²) >= 11 is 0. The van der Waals surface area contributed by atoms with Crippen molar-refractivity contribution >= 4 is 11.9 Å². The molecule has 0 fully saturated rings. The lowest BCUT2D eigenvalue weighted by Crippen LogP contribution is -2.37. The van der Waals surface area contributed by atoms with Gasteiger partial charge in [-0.3, -0.25) is 4.79 Å². The van der Waals surface area contributed by atoms with Gasteiger partial charge in [0.1, 0.15) is 0 Å². The lowest BCUT2D eigenvalue weighted by molar-refractivity contribution is -0.122. The number of aryl methyl sites for hydroxylation is 2. The van der Waals surface area contributed by atoms with Crippen LogP contribution in [0.4, 0.5) is 4.79 Å². The maximum Gasteiger partial charge on any atom is 0.312 e. The van der Waals surface area contributed by atoms with Crippen molar-refractivity contribution in [3.8, 4) is 0 Å². The van der Waals surface area contributed by atoms with Crippen LogP contribution in [-0.4, -0.2) is 11.9 Å². The summed E-state index contributed by atoms with van der Waals surface area (Å²) < 4.78 is 0. The average Bonchev–Trinajstić information content (AvgIpc) is 2.54. The third-order valence-corrected chi connectivity index (χ3v) is 4.30. The van der Waals surface area contributed by atoms with Crippen LogP contribution >= 0.6 is 0 Å². The van der Waals surface area contributed by atoms with Gasteiger partial charge in [-0.25, -0.2) is 4.79 Å². The number of primary amides is 1. The Morgan fingerprint density at radius 3 is 1.96 bits per heavy atom. The number of benzene rings is 2. The van der Waals surface area contributed by atoms with Gasteiger partial charge in [-0.1, -0.05) is 48.5 Å². The fraction of sp³-hybridized carbons (Fsp3) is 0.300. The van der Waals surface area contributed by atoms with Crippen LogP contribution in [0.3, 0.4) is 0 Å². The predicted octanol–water partition coefficient (Wildman–Crippen LogP) is 3.28. The van der Waals surface area contributed by atoms with E-state index in [2.05, 4.69) is 10.6 Å². The van der Waals surface area contributed by atoms with Crippen molar-refractivity contribution in [2.45, 2.75) is 39.3 Å². The van der Waals surface area contributed by atoms with E-state index in [0.717, 1.165) is 22.3 Å². The molecule has 2 atom stereocenters. The number of urea groups is 1. The van der Waals surface area contributed by atoms with Crippen LogP contribution < -0.4 is 16.4 Å². The largest absolute Gasteiger partial charge is 0.352 e. The minimum Gasteiger partial charge on any atom is -0.352 e. The normalized spacial score (nSPS) is 12.9. The summed E-state index contributed by atoms with van der Waals surface area (Å²) in [7, 11) is 0. The van der Waals surface area contributed by atoms with E-state index < -0.39 is 12.1 Å². The second-order valence-corrected chi connectivity index (χ2v) is 6.27. The average molecular weight is 339 g/mol. The van der Waals surface area contributed by atoms with E-state index in [1.54, 1.807) is 0 Å². The fourth-order valence-corrected chi connectivity index (χ4v) is 3.02. The first-order valence-electron chi connectivity index (χ1n) is 8.35. The molecule has 2 aromatic carbocycles. The Morgan fingerprint density at radius 1 is 0.920 bits per heavy atom. The number of nitrogens with one attached hydrogen (secondary N) is 2. The van der Waals surface area contributed by atoms with Gasteiger partial charge in [0.05, 0.1) is 18.5 Å². The summed E-state index contributed by atoms with van der Waals surface area (Å²) in [5, 5.41) is 5.67. The maximum atomic E-state index is 12.5. The zero-order valence-corrected chi connectivity index (χ0v) is 14.9. The van der Waals surface area contributed by atoms with Crippen molar-refractivity contribution in [1.29, 1.82) is 0 Å². The molecular formula is C20H25N3O2. The number of amides is 3. The molecule has 2 unspecified atom stereocenters. The molecule has 0 spiro atoms. The van der Waals surface area contributed by atoms with Gasteiger partial charge in [-0.05, 0) is 43.0 Å². The van der Waals surface area contributed by atoms with E-state index in [1.165, 1.54) is 0 Å². The number of hydrogen-bond acceptors (Lipinski definition) is 2. The summed E-state index contributed by atoms with van der Waals surface area (Å²) in [5.74, 6) is -0.141. The molecule has 2 rings (SSSR count). The molecule has 0 aromatic heterocycles. The number of rotatable bonds is 6. The highest BCUT2D eigenvalue weighted by Gasteiger charge is 2.20. The second kappa shape index (κ2) is 8.33. The smallest absolute Gasteiger partial charge is 0.312 e. The molecule has 0 saturated carbocycles. The van der Waals surface area contributed by atoms with Gasteiger partial charge in [-0.15, -0.1) is 0 Å². The van der Waals surface area contributed by atoms with Gasteiger partial charge < -0.3 is 16.4 Å². The van der Waals surface area contributed by atoms with Crippen LogP contribution in [0.15, 0.2) is 48.5 Å². The fourth-order valence-electron chi connectivity index (χ4n) is 3.02. The number of carbonyl (C=O) groups excluding carboxylic acids is 2. The summed E-state index contributed by atoms with van der Waals surface area (Å²) in [6.07, 6.45) is 0.129. The summed E-state index contributed by atoms with van der Waals surface area (Å²) in [5.41, 5.74) is 9.38. The predicted molar refractivity (Wildman–Crippen MR) is 99.0 cm³/mol. The van der Waals surface area contributed by atoms with Crippen LogP contribution in [0.5, 0.6) is 0 Å². The van der Waals surface area contributed by atoms with E-state index in [9.17, 15) is 9.59 Å². The van der Waals surface area contributed by atoms with Crippen molar-refractivity contribution in [2.75, 3.05) is 0 Å². The molecule has 2 aromatic rings. The van der Waals surface area contributed by atoms with Crippen LogP contribution in [0.2, 0.25) is 0 Å². The number of carbonyl (C=O) groups is 2. The Hall–Kier alpha value is -2.82. The lowest BCUT2D eigenvalue weighted by atomic mass is 9.98. The molecular weight excluding hydrogens is 314 g/mol. The number of nitrogens with two attached hydrogens (primary N) is 1. The third kappa shape index (κ3) is 5.08. The van der Waals surface area contributed by atoms with E-state index in [-0.39, 0.29) is 18.4 Å². The zero-order valence-electron chi connectivity index (χ0n) is 14.9. The van der Waals surface area contributed by atoms with E-state index in [0.29, 0.717) is 0 Å². The van der Waals surface area contributed by atoms with Crippen molar-refractivity contribution in [3.63, 3.8) is 0 Å². The maximum absolute atomic E-state index is 12.5. The van der Waals surface area contributed by atoms with Gasteiger partial charge in [0.2, 0.25) is 5.91 Å². The van der Waals surface area contributed by atoms with Gasteiger partial charge in [0.25, 0.3) is 0 Å². The van der Waals surface area contributed by atoms with Crippen LogP contribution in [0.1, 0.15) is 47.7 Å².